The van der Waals surface area contributed by atoms with E-state index in [9.17, 15) is 4.79 Å². The molecule has 2 N–H and O–H groups in total. The highest BCUT2D eigenvalue weighted by molar-refractivity contribution is 5.98. The third kappa shape index (κ3) is 3.43. The molecule has 3 aromatic rings. The lowest BCUT2D eigenvalue weighted by Gasteiger charge is -2.33. The van der Waals surface area contributed by atoms with Crippen LogP contribution in [0.2, 0.25) is 0 Å². The topological polar surface area (TPSA) is 83.1 Å². The van der Waals surface area contributed by atoms with E-state index in [1.165, 1.54) is 0 Å². The maximum atomic E-state index is 13.3. The Morgan fingerprint density at radius 2 is 2.11 bits per heavy atom. The maximum absolute atomic E-state index is 13.3. The number of imidazole rings is 1. The molecule has 1 saturated heterocycles. The number of benzene rings is 1. The smallest absolute Gasteiger partial charge is 0.246 e. The van der Waals surface area contributed by atoms with E-state index < -0.39 is 6.04 Å². The lowest BCUT2D eigenvalue weighted by molar-refractivity contribution is -0.123. The molecule has 1 aliphatic heterocycles. The number of ether oxygens (including phenoxy) is 1. The molecule has 0 spiro atoms. The number of aryl methyl sites for hydroxylation is 1. The van der Waals surface area contributed by atoms with Gasteiger partial charge in [-0.3, -0.25) is 14.7 Å². The molecule has 0 radical (unpaired) electrons. The minimum Gasteiger partial charge on any atom is -0.379 e. The number of amides is 1. The molecule has 1 atom stereocenters. The van der Waals surface area contributed by atoms with Gasteiger partial charge in [-0.1, -0.05) is 6.07 Å². The Balaban J connectivity index is 1.67. The highest BCUT2D eigenvalue weighted by Crippen LogP contribution is 2.29. The Morgan fingerprint density at radius 1 is 1.30 bits per heavy atom. The first-order valence-corrected chi connectivity index (χ1v) is 9.11. The number of carbonyl (C=O) groups is 1. The van der Waals surface area contributed by atoms with Gasteiger partial charge < -0.3 is 15.0 Å². The quantitative estimate of drug-likeness (QED) is 0.742. The zero-order valence-electron chi connectivity index (χ0n) is 15.5. The number of pyridine rings is 1. The molecular weight excluding hydrogens is 342 g/mol. The largest absolute Gasteiger partial charge is 0.379 e. The van der Waals surface area contributed by atoms with Gasteiger partial charge in [0.2, 0.25) is 5.91 Å². The minimum atomic E-state index is -0.403. The molecule has 0 bridgehead atoms. The summed E-state index contributed by atoms with van der Waals surface area (Å²) in [6.07, 6.45) is 5.16. The summed E-state index contributed by atoms with van der Waals surface area (Å²) in [5, 5.41) is 3.13. The van der Waals surface area contributed by atoms with Crippen molar-refractivity contribution in [3.05, 3.63) is 53.6 Å². The van der Waals surface area contributed by atoms with Gasteiger partial charge in [-0.25, -0.2) is 4.98 Å². The predicted octanol–water partition coefficient (Wildman–Crippen LogP) is 2.59. The van der Waals surface area contributed by atoms with Gasteiger partial charge in [0.25, 0.3) is 0 Å². The van der Waals surface area contributed by atoms with Crippen LogP contribution >= 0.6 is 0 Å². The van der Waals surface area contributed by atoms with Crippen LogP contribution in [0.15, 0.2) is 36.9 Å². The summed E-state index contributed by atoms with van der Waals surface area (Å²) >= 11 is 0. The van der Waals surface area contributed by atoms with Gasteiger partial charge in [-0.2, -0.15) is 0 Å². The highest BCUT2D eigenvalue weighted by Gasteiger charge is 2.29. The molecule has 7 nitrogen and oxygen atoms in total. The number of aromatic nitrogens is 3. The predicted molar refractivity (Wildman–Crippen MR) is 104 cm³/mol. The van der Waals surface area contributed by atoms with Crippen LogP contribution in [0.1, 0.15) is 22.7 Å². The first-order valence-electron chi connectivity index (χ1n) is 9.11. The lowest BCUT2D eigenvalue weighted by Crippen LogP contribution is -2.44. The van der Waals surface area contributed by atoms with Crippen LogP contribution in [-0.4, -0.2) is 52.1 Å². The summed E-state index contributed by atoms with van der Waals surface area (Å²) in [5.74, 6) is -0.0636. The molecule has 1 amide bonds. The van der Waals surface area contributed by atoms with E-state index in [-0.39, 0.29) is 5.91 Å². The number of fused-ring (bicyclic) bond motifs is 1. The van der Waals surface area contributed by atoms with E-state index in [0.717, 1.165) is 33.4 Å². The van der Waals surface area contributed by atoms with Crippen molar-refractivity contribution in [1.29, 1.82) is 0 Å². The van der Waals surface area contributed by atoms with Crippen molar-refractivity contribution in [2.45, 2.75) is 19.9 Å². The highest BCUT2D eigenvalue weighted by atomic mass is 16.5. The molecule has 1 unspecified atom stereocenters. The number of morpholine rings is 1. The summed E-state index contributed by atoms with van der Waals surface area (Å²) in [6.45, 7) is 6.71. The van der Waals surface area contributed by atoms with Gasteiger partial charge in [-0.15, -0.1) is 0 Å². The van der Waals surface area contributed by atoms with E-state index >= 15 is 0 Å². The molecule has 2 aromatic heterocycles. The van der Waals surface area contributed by atoms with Gasteiger partial charge in [0, 0.05) is 31.2 Å². The van der Waals surface area contributed by atoms with Crippen molar-refractivity contribution < 1.29 is 9.53 Å². The van der Waals surface area contributed by atoms with Crippen LogP contribution in [0.3, 0.4) is 0 Å². The average Bonchev–Trinajstić information content (AvgIpc) is 3.16. The van der Waals surface area contributed by atoms with Crippen molar-refractivity contribution in [2.75, 3.05) is 31.6 Å². The second-order valence-electron chi connectivity index (χ2n) is 6.80. The van der Waals surface area contributed by atoms with E-state index in [1.807, 2.05) is 32.0 Å². The van der Waals surface area contributed by atoms with E-state index in [1.54, 1.807) is 18.7 Å². The molecule has 140 valence electrons. The Hall–Kier alpha value is -2.77. The van der Waals surface area contributed by atoms with E-state index in [2.05, 4.69) is 25.2 Å². The van der Waals surface area contributed by atoms with Gasteiger partial charge >= 0.3 is 0 Å². The fourth-order valence-electron chi connectivity index (χ4n) is 3.58. The Labute approximate surface area is 157 Å². The van der Waals surface area contributed by atoms with Crippen molar-refractivity contribution in [1.82, 2.24) is 19.9 Å². The number of anilines is 1. The van der Waals surface area contributed by atoms with Crippen molar-refractivity contribution >= 4 is 22.6 Å². The van der Waals surface area contributed by atoms with E-state index in [0.29, 0.717) is 26.3 Å². The number of carbonyl (C=O) groups excluding carboxylic acids is 1. The molecule has 3 heterocycles. The minimum absolute atomic E-state index is 0.0636. The van der Waals surface area contributed by atoms with Crippen LogP contribution < -0.4 is 5.32 Å². The van der Waals surface area contributed by atoms with Crippen LogP contribution in [0, 0.1) is 13.8 Å². The zero-order chi connectivity index (χ0) is 18.8. The number of nitrogens with zero attached hydrogens (tertiary/aromatic N) is 3. The number of hydrogen-bond acceptors (Lipinski definition) is 5. The fourth-order valence-corrected chi connectivity index (χ4v) is 3.58. The van der Waals surface area contributed by atoms with Gasteiger partial charge in [0.05, 0.1) is 30.6 Å². The summed E-state index contributed by atoms with van der Waals surface area (Å²) in [5.41, 5.74) is 5.62. The van der Waals surface area contributed by atoms with Crippen LogP contribution in [0.5, 0.6) is 0 Å². The summed E-state index contributed by atoms with van der Waals surface area (Å²) in [6, 6.07) is 5.35. The van der Waals surface area contributed by atoms with E-state index in [4.69, 9.17) is 4.74 Å². The Bertz CT molecular complexity index is 948. The monoisotopic (exact) mass is 365 g/mol. The second kappa shape index (κ2) is 7.46. The molecule has 7 heteroatoms. The number of H-pyrrole nitrogens is 1. The molecule has 0 saturated carbocycles. The summed E-state index contributed by atoms with van der Waals surface area (Å²) in [7, 11) is 0. The SMILES string of the molecule is Cc1c(NC(=O)C(c2cccnc2)N2CCOCC2)cc2[nH]cnc2c1C. The number of hydrogen-bond donors (Lipinski definition) is 2. The van der Waals surface area contributed by atoms with Crippen LogP contribution in [0.25, 0.3) is 11.0 Å². The van der Waals surface area contributed by atoms with Crippen LogP contribution in [-0.2, 0) is 9.53 Å². The summed E-state index contributed by atoms with van der Waals surface area (Å²) < 4.78 is 5.46. The third-order valence-corrected chi connectivity index (χ3v) is 5.20. The zero-order valence-corrected chi connectivity index (χ0v) is 15.5. The Kier molecular flexibility index (Phi) is 4.87. The molecule has 4 rings (SSSR count). The van der Waals surface area contributed by atoms with Crippen LogP contribution in [0.4, 0.5) is 5.69 Å². The first kappa shape index (κ1) is 17.6. The number of rotatable bonds is 4. The molecule has 1 aliphatic rings. The number of nitrogens with one attached hydrogen (secondary N) is 2. The molecule has 27 heavy (non-hydrogen) atoms. The normalized spacial score (nSPS) is 16.4. The number of aromatic amines is 1. The molecule has 1 aromatic carbocycles. The fraction of sp³-hybridized carbons (Fsp3) is 0.350. The second-order valence-corrected chi connectivity index (χ2v) is 6.80. The molecule has 1 fully saturated rings. The molecular formula is C20H23N5O2. The Morgan fingerprint density at radius 3 is 2.85 bits per heavy atom. The van der Waals surface area contributed by atoms with Crippen molar-refractivity contribution in [3.63, 3.8) is 0 Å². The molecule has 0 aliphatic carbocycles. The lowest BCUT2D eigenvalue weighted by atomic mass is 10.0. The van der Waals surface area contributed by atoms with Gasteiger partial charge in [0.1, 0.15) is 6.04 Å². The van der Waals surface area contributed by atoms with Gasteiger partial charge in [0.15, 0.2) is 0 Å². The maximum Gasteiger partial charge on any atom is 0.246 e. The van der Waals surface area contributed by atoms with Crippen molar-refractivity contribution in [2.24, 2.45) is 0 Å². The summed E-state index contributed by atoms with van der Waals surface area (Å²) in [4.78, 5) is 27.1. The van der Waals surface area contributed by atoms with Crippen molar-refractivity contribution in [3.8, 4) is 0 Å². The standard InChI is InChI=1S/C20H23N5O2/c1-13-14(2)18-17(22-12-23-18)10-16(13)24-20(26)19(15-4-3-5-21-11-15)25-6-8-27-9-7-25/h3-5,10-12,19H,6-9H2,1-2H3,(H,22,23)(H,24,26). The van der Waals surface area contributed by atoms with Gasteiger partial charge in [-0.05, 0) is 42.7 Å². The first-order chi connectivity index (χ1) is 13.1. The average molecular weight is 365 g/mol. The third-order valence-electron chi connectivity index (χ3n) is 5.20.